The third-order valence-corrected chi connectivity index (χ3v) is 3.66. The molecule has 2 heterocycles. The van der Waals surface area contributed by atoms with Gasteiger partial charge in [0.1, 0.15) is 0 Å². The molecular formula is C17H21ClN4O2. The van der Waals surface area contributed by atoms with Gasteiger partial charge in [0.05, 0.1) is 6.20 Å². The van der Waals surface area contributed by atoms with Crippen LogP contribution in [0.15, 0.2) is 45.5 Å². The predicted molar refractivity (Wildman–Crippen MR) is 93.1 cm³/mol. The number of rotatable bonds is 7. The molecule has 6 nitrogen and oxygen atoms in total. The van der Waals surface area contributed by atoms with Gasteiger partial charge in [0.15, 0.2) is 17.5 Å². The summed E-state index contributed by atoms with van der Waals surface area (Å²) in [5.74, 6) is 2.78. The number of halogens is 1. The van der Waals surface area contributed by atoms with E-state index in [1.54, 1.807) is 6.20 Å². The van der Waals surface area contributed by atoms with Crippen LogP contribution in [-0.4, -0.2) is 28.2 Å². The van der Waals surface area contributed by atoms with Crippen LogP contribution in [0.5, 0.6) is 0 Å². The van der Waals surface area contributed by atoms with Crippen LogP contribution in [0.4, 0.5) is 0 Å². The summed E-state index contributed by atoms with van der Waals surface area (Å²) in [5, 5.41) is 7.14. The van der Waals surface area contributed by atoms with Gasteiger partial charge in [-0.15, -0.1) is 12.4 Å². The van der Waals surface area contributed by atoms with Crippen molar-refractivity contribution in [1.82, 2.24) is 20.4 Å². The molecule has 0 fully saturated rings. The van der Waals surface area contributed by atoms with E-state index in [0.717, 1.165) is 23.6 Å². The van der Waals surface area contributed by atoms with E-state index in [-0.39, 0.29) is 12.4 Å². The summed E-state index contributed by atoms with van der Waals surface area (Å²) in [4.78, 5) is 8.70. The Morgan fingerprint density at radius 2 is 1.88 bits per heavy atom. The number of oxazole rings is 1. The number of benzene rings is 1. The van der Waals surface area contributed by atoms with Crippen LogP contribution in [0.2, 0.25) is 0 Å². The van der Waals surface area contributed by atoms with Crippen LogP contribution in [0, 0.1) is 0 Å². The van der Waals surface area contributed by atoms with Crippen LogP contribution >= 0.6 is 12.4 Å². The molecule has 1 aromatic carbocycles. The number of hydrogen-bond acceptors (Lipinski definition) is 6. The largest absolute Gasteiger partial charge is 0.441 e. The highest BCUT2D eigenvalue weighted by Crippen LogP contribution is 2.20. The fraction of sp³-hybridized carbons (Fsp3) is 0.353. The van der Waals surface area contributed by atoms with Gasteiger partial charge in [-0.05, 0) is 14.0 Å². The summed E-state index contributed by atoms with van der Waals surface area (Å²) in [5.41, 5.74) is 1.02. The van der Waals surface area contributed by atoms with Gasteiger partial charge >= 0.3 is 0 Å². The molecular weight excluding hydrogens is 328 g/mol. The number of aromatic nitrogens is 3. The van der Waals surface area contributed by atoms with E-state index in [2.05, 4.69) is 27.4 Å². The van der Waals surface area contributed by atoms with Crippen LogP contribution in [0.3, 0.4) is 0 Å². The van der Waals surface area contributed by atoms with Crippen molar-refractivity contribution >= 4 is 12.4 Å². The predicted octanol–water partition coefficient (Wildman–Crippen LogP) is 3.08. The molecule has 1 N–H and O–H groups in total. The second kappa shape index (κ2) is 8.61. The Balaban J connectivity index is 0.00000208. The smallest absolute Gasteiger partial charge is 0.227 e. The molecule has 0 bridgehead atoms. The third-order valence-electron chi connectivity index (χ3n) is 3.66. The first kappa shape index (κ1) is 18.2. The SMILES string of the molecule is CNC(C)Cc1noc(CCc2ncc(-c3ccccc3)o2)n1.Cl. The summed E-state index contributed by atoms with van der Waals surface area (Å²) in [7, 11) is 1.92. The van der Waals surface area contributed by atoms with Crippen LogP contribution in [0.1, 0.15) is 24.5 Å². The zero-order valence-corrected chi connectivity index (χ0v) is 14.5. The lowest BCUT2D eigenvalue weighted by Crippen LogP contribution is -2.24. The van der Waals surface area contributed by atoms with E-state index in [1.165, 1.54) is 0 Å². The molecule has 128 valence electrons. The zero-order valence-electron chi connectivity index (χ0n) is 13.7. The lowest BCUT2D eigenvalue weighted by atomic mass is 10.2. The molecule has 7 heteroatoms. The molecule has 2 aromatic heterocycles. The Bertz CT molecular complexity index is 742. The third kappa shape index (κ3) is 4.66. The molecule has 0 aliphatic rings. The van der Waals surface area contributed by atoms with Crippen molar-refractivity contribution in [2.45, 2.75) is 32.2 Å². The molecule has 0 saturated heterocycles. The molecule has 0 spiro atoms. The normalized spacial score (nSPS) is 11.9. The first-order valence-corrected chi connectivity index (χ1v) is 7.73. The standard InChI is InChI=1S/C17H20N4O2.ClH/c1-12(18-2)10-15-20-17(23-21-15)9-8-16-19-11-14(22-16)13-6-4-3-5-7-13;/h3-7,11-12,18H,8-10H2,1-2H3;1H. The van der Waals surface area contributed by atoms with Gasteiger partial charge in [-0.3, -0.25) is 0 Å². The van der Waals surface area contributed by atoms with Crippen LogP contribution in [-0.2, 0) is 19.3 Å². The quantitative estimate of drug-likeness (QED) is 0.707. The van der Waals surface area contributed by atoms with E-state index < -0.39 is 0 Å². The monoisotopic (exact) mass is 348 g/mol. The molecule has 0 amide bonds. The number of hydrogen-bond donors (Lipinski definition) is 1. The van der Waals surface area contributed by atoms with Gasteiger partial charge in [-0.25, -0.2) is 4.98 Å². The van der Waals surface area contributed by atoms with Gasteiger partial charge in [-0.2, -0.15) is 4.98 Å². The van der Waals surface area contributed by atoms with Gasteiger partial charge < -0.3 is 14.3 Å². The van der Waals surface area contributed by atoms with Gasteiger partial charge in [0.2, 0.25) is 5.89 Å². The minimum Gasteiger partial charge on any atom is -0.441 e. The van der Waals surface area contributed by atoms with Crippen LogP contribution in [0.25, 0.3) is 11.3 Å². The first-order chi connectivity index (χ1) is 11.2. The lowest BCUT2D eigenvalue weighted by molar-refractivity contribution is 0.366. The van der Waals surface area contributed by atoms with Crippen molar-refractivity contribution in [3.63, 3.8) is 0 Å². The fourth-order valence-electron chi connectivity index (χ4n) is 2.23. The van der Waals surface area contributed by atoms with Gasteiger partial charge in [0.25, 0.3) is 0 Å². The van der Waals surface area contributed by atoms with E-state index >= 15 is 0 Å². The summed E-state index contributed by atoms with van der Waals surface area (Å²) in [6.07, 6.45) is 3.75. The number of aryl methyl sites for hydroxylation is 2. The number of likely N-dealkylation sites (N-methyl/N-ethyl adjacent to an activating group) is 1. The van der Waals surface area contributed by atoms with E-state index in [1.807, 2.05) is 37.4 Å². The van der Waals surface area contributed by atoms with Crippen LogP contribution < -0.4 is 5.32 Å². The Labute approximate surface area is 147 Å². The Hall–Kier alpha value is -2.18. The average Bonchev–Trinajstić information content (AvgIpc) is 3.23. The molecule has 1 unspecified atom stereocenters. The summed E-state index contributed by atoms with van der Waals surface area (Å²) in [6, 6.07) is 10.2. The van der Waals surface area contributed by atoms with Crippen molar-refractivity contribution in [2.24, 2.45) is 0 Å². The highest BCUT2D eigenvalue weighted by atomic mass is 35.5. The fourth-order valence-corrected chi connectivity index (χ4v) is 2.23. The zero-order chi connectivity index (χ0) is 16.1. The highest BCUT2D eigenvalue weighted by molar-refractivity contribution is 5.85. The minimum absolute atomic E-state index is 0. The van der Waals surface area contributed by atoms with Crippen molar-refractivity contribution in [1.29, 1.82) is 0 Å². The molecule has 0 aliphatic carbocycles. The molecule has 0 aliphatic heterocycles. The Morgan fingerprint density at radius 3 is 2.62 bits per heavy atom. The van der Waals surface area contributed by atoms with Gasteiger partial charge in [0, 0.05) is 30.9 Å². The second-order valence-electron chi connectivity index (χ2n) is 5.48. The summed E-state index contributed by atoms with van der Waals surface area (Å²) < 4.78 is 11.0. The van der Waals surface area contributed by atoms with E-state index in [0.29, 0.717) is 30.7 Å². The number of nitrogens with one attached hydrogen (secondary N) is 1. The molecule has 0 saturated carbocycles. The summed E-state index contributed by atoms with van der Waals surface area (Å²) in [6.45, 7) is 2.08. The molecule has 3 rings (SSSR count). The molecule has 3 aromatic rings. The lowest BCUT2D eigenvalue weighted by Gasteiger charge is -2.04. The topological polar surface area (TPSA) is 77.0 Å². The van der Waals surface area contributed by atoms with Crippen molar-refractivity contribution in [3.05, 3.63) is 54.1 Å². The van der Waals surface area contributed by atoms with Crippen molar-refractivity contribution in [3.8, 4) is 11.3 Å². The van der Waals surface area contributed by atoms with Crippen molar-refractivity contribution < 1.29 is 8.94 Å². The summed E-state index contributed by atoms with van der Waals surface area (Å²) >= 11 is 0. The van der Waals surface area contributed by atoms with E-state index in [4.69, 9.17) is 8.94 Å². The Kier molecular flexibility index (Phi) is 6.52. The number of nitrogens with zero attached hydrogens (tertiary/aromatic N) is 3. The highest BCUT2D eigenvalue weighted by Gasteiger charge is 2.11. The maximum absolute atomic E-state index is 5.77. The van der Waals surface area contributed by atoms with E-state index in [9.17, 15) is 0 Å². The molecule has 0 radical (unpaired) electrons. The molecule has 24 heavy (non-hydrogen) atoms. The van der Waals surface area contributed by atoms with Crippen molar-refractivity contribution in [2.75, 3.05) is 7.05 Å². The average molecular weight is 349 g/mol. The minimum atomic E-state index is 0. The van der Waals surface area contributed by atoms with Gasteiger partial charge in [-0.1, -0.05) is 35.5 Å². The maximum Gasteiger partial charge on any atom is 0.227 e. The Morgan fingerprint density at radius 1 is 1.12 bits per heavy atom. The second-order valence-corrected chi connectivity index (χ2v) is 5.48. The maximum atomic E-state index is 5.77. The first-order valence-electron chi connectivity index (χ1n) is 7.73. The molecule has 1 atom stereocenters.